The van der Waals surface area contributed by atoms with Crippen molar-refractivity contribution in [1.82, 2.24) is 5.32 Å². The van der Waals surface area contributed by atoms with Gasteiger partial charge in [0, 0.05) is 35.9 Å². The zero-order valence-corrected chi connectivity index (χ0v) is 13.9. The summed E-state index contributed by atoms with van der Waals surface area (Å²) in [6.07, 6.45) is 5.35. The van der Waals surface area contributed by atoms with Gasteiger partial charge in [-0.25, -0.2) is 0 Å². The van der Waals surface area contributed by atoms with Crippen LogP contribution >= 0.6 is 23.4 Å². The molecule has 0 radical (unpaired) electrons. The molecule has 1 saturated heterocycles. The van der Waals surface area contributed by atoms with Gasteiger partial charge in [0.25, 0.3) is 0 Å². The van der Waals surface area contributed by atoms with Gasteiger partial charge in [-0.1, -0.05) is 23.7 Å². The number of nitrogens with one attached hydrogen (secondary N) is 1. The first-order chi connectivity index (χ1) is 10.1. The Balaban J connectivity index is 1.76. The normalized spacial score (nSPS) is 17.4. The van der Waals surface area contributed by atoms with Gasteiger partial charge in [-0.2, -0.15) is 11.8 Å². The number of carbonyl (C=O) groups is 1. The van der Waals surface area contributed by atoms with Crippen molar-refractivity contribution >= 4 is 29.3 Å². The van der Waals surface area contributed by atoms with Gasteiger partial charge in [-0.05, 0) is 43.2 Å². The highest BCUT2D eigenvalue weighted by atomic mass is 35.5. The zero-order chi connectivity index (χ0) is 15.1. The van der Waals surface area contributed by atoms with Gasteiger partial charge < -0.3 is 10.1 Å². The Labute approximate surface area is 135 Å². The van der Waals surface area contributed by atoms with Crippen LogP contribution in [0.1, 0.15) is 24.8 Å². The van der Waals surface area contributed by atoms with E-state index in [9.17, 15) is 4.79 Å². The third-order valence-corrected chi connectivity index (χ3v) is 5.63. The molecule has 21 heavy (non-hydrogen) atoms. The molecule has 1 fully saturated rings. The smallest absolute Gasteiger partial charge is 0.220 e. The standard InChI is InChI=1S/C16H22ClNO2S/c1-21-16(7-9-20-10-8-16)12-18-15(19)6-5-13-3-2-4-14(17)11-13/h2-4,11H,5-10,12H2,1H3,(H,18,19). The minimum atomic E-state index is 0.106. The highest BCUT2D eigenvalue weighted by Crippen LogP contribution is 2.32. The Bertz CT molecular complexity index is 475. The van der Waals surface area contributed by atoms with E-state index < -0.39 is 0 Å². The molecule has 0 aromatic heterocycles. The van der Waals surface area contributed by atoms with E-state index in [2.05, 4.69) is 11.6 Å². The maximum Gasteiger partial charge on any atom is 0.220 e. The zero-order valence-electron chi connectivity index (χ0n) is 12.4. The highest BCUT2D eigenvalue weighted by Gasteiger charge is 2.31. The van der Waals surface area contributed by atoms with Crippen LogP contribution in [0.15, 0.2) is 24.3 Å². The molecule has 0 bridgehead atoms. The first-order valence-electron chi connectivity index (χ1n) is 7.28. The van der Waals surface area contributed by atoms with Crippen LogP contribution < -0.4 is 5.32 Å². The Morgan fingerprint density at radius 1 is 1.43 bits per heavy atom. The highest BCUT2D eigenvalue weighted by molar-refractivity contribution is 8.00. The van der Waals surface area contributed by atoms with Crippen LogP contribution in [-0.2, 0) is 16.0 Å². The van der Waals surface area contributed by atoms with Crippen molar-refractivity contribution in [3.05, 3.63) is 34.9 Å². The lowest BCUT2D eigenvalue weighted by Crippen LogP contribution is -2.44. The quantitative estimate of drug-likeness (QED) is 0.871. The van der Waals surface area contributed by atoms with Crippen LogP contribution in [0.2, 0.25) is 5.02 Å². The fraction of sp³-hybridized carbons (Fsp3) is 0.562. The number of rotatable bonds is 6. The van der Waals surface area contributed by atoms with Gasteiger partial charge in [0.05, 0.1) is 0 Å². The molecule has 3 nitrogen and oxygen atoms in total. The van der Waals surface area contributed by atoms with Crippen molar-refractivity contribution in [3.63, 3.8) is 0 Å². The average Bonchev–Trinajstić information content (AvgIpc) is 2.52. The lowest BCUT2D eigenvalue weighted by molar-refractivity contribution is -0.121. The van der Waals surface area contributed by atoms with Gasteiger partial charge in [-0.3, -0.25) is 4.79 Å². The van der Waals surface area contributed by atoms with Crippen LogP contribution in [0, 0.1) is 0 Å². The third kappa shape index (κ3) is 5.20. The second kappa shape index (κ2) is 8.06. The minimum absolute atomic E-state index is 0.106. The SMILES string of the molecule is CSC1(CNC(=O)CCc2cccc(Cl)c2)CCOCC1. The summed E-state index contributed by atoms with van der Waals surface area (Å²) in [5.74, 6) is 0.106. The third-order valence-electron chi connectivity index (χ3n) is 3.97. The van der Waals surface area contributed by atoms with Gasteiger partial charge >= 0.3 is 0 Å². The number of amides is 1. The Hall–Kier alpha value is -0.710. The second-order valence-corrected chi connectivity index (χ2v) is 7.12. The fourth-order valence-electron chi connectivity index (χ4n) is 2.49. The molecule has 1 aliphatic heterocycles. The summed E-state index contributed by atoms with van der Waals surface area (Å²) in [4.78, 5) is 12.0. The number of carbonyl (C=O) groups excluding carboxylic acids is 1. The van der Waals surface area contributed by atoms with Crippen molar-refractivity contribution in [3.8, 4) is 0 Å². The summed E-state index contributed by atoms with van der Waals surface area (Å²) >= 11 is 7.78. The van der Waals surface area contributed by atoms with E-state index in [1.807, 2.05) is 36.0 Å². The Morgan fingerprint density at radius 3 is 2.86 bits per heavy atom. The molecule has 0 saturated carbocycles. The Morgan fingerprint density at radius 2 is 2.19 bits per heavy atom. The summed E-state index contributed by atoms with van der Waals surface area (Å²) in [5, 5.41) is 3.80. The summed E-state index contributed by atoms with van der Waals surface area (Å²) in [7, 11) is 0. The topological polar surface area (TPSA) is 38.3 Å². The Kier molecular flexibility index (Phi) is 6.40. The molecule has 1 N–H and O–H groups in total. The molecule has 1 aliphatic rings. The molecule has 1 aromatic rings. The van der Waals surface area contributed by atoms with Crippen LogP contribution in [0.4, 0.5) is 0 Å². The number of halogens is 1. The molecule has 0 unspecified atom stereocenters. The monoisotopic (exact) mass is 327 g/mol. The van der Waals surface area contributed by atoms with E-state index >= 15 is 0 Å². The molecule has 0 spiro atoms. The van der Waals surface area contributed by atoms with Crippen molar-refractivity contribution in [2.45, 2.75) is 30.4 Å². The molecule has 2 rings (SSSR count). The maximum atomic E-state index is 12.0. The molecule has 1 aromatic carbocycles. The van der Waals surface area contributed by atoms with Crippen molar-refractivity contribution in [2.75, 3.05) is 26.0 Å². The number of hydrogen-bond donors (Lipinski definition) is 1. The largest absolute Gasteiger partial charge is 0.381 e. The fourth-order valence-corrected chi connectivity index (χ4v) is 3.50. The number of hydrogen-bond acceptors (Lipinski definition) is 3. The summed E-state index contributed by atoms with van der Waals surface area (Å²) in [6, 6.07) is 7.68. The number of aryl methyl sites for hydroxylation is 1. The van der Waals surface area contributed by atoms with Crippen molar-refractivity contribution in [2.24, 2.45) is 0 Å². The minimum Gasteiger partial charge on any atom is -0.381 e. The number of ether oxygens (including phenoxy) is 1. The second-order valence-electron chi connectivity index (χ2n) is 5.41. The van der Waals surface area contributed by atoms with E-state index in [0.717, 1.165) is 49.6 Å². The number of thioether (sulfide) groups is 1. The first-order valence-corrected chi connectivity index (χ1v) is 8.88. The van der Waals surface area contributed by atoms with Gasteiger partial charge in [-0.15, -0.1) is 0 Å². The molecule has 0 aliphatic carbocycles. The summed E-state index contributed by atoms with van der Waals surface area (Å²) in [5.41, 5.74) is 1.10. The average molecular weight is 328 g/mol. The van der Waals surface area contributed by atoms with Crippen molar-refractivity contribution < 1.29 is 9.53 Å². The van der Waals surface area contributed by atoms with E-state index in [1.165, 1.54) is 0 Å². The van der Waals surface area contributed by atoms with Crippen molar-refractivity contribution in [1.29, 1.82) is 0 Å². The summed E-state index contributed by atoms with van der Waals surface area (Å²) in [6.45, 7) is 2.31. The lowest BCUT2D eigenvalue weighted by Gasteiger charge is -2.35. The van der Waals surface area contributed by atoms with E-state index in [-0.39, 0.29) is 10.7 Å². The van der Waals surface area contributed by atoms with E-state index in [4.69, 9.17) is 16.3 Å². The molecule has 5 heteroatoms. The van der Waals surface area contributed by atoms with E-state index in [1.54, 1.807) is 0 Å². The first kappa shape index (κ1) is 16.7. The molecular weight excluding hydrogens is 306 g/mol. The van der Waals surface area contributed by atoms with E-state index in [0.29, 0.717) is 6.42 Å². The van der Waals surface area contributed by atoms with Crippen LogP contribution in [-0.4, -0.2) is 36.7 Å². The summed E-state index contributed by atoms with van der Waals surface area (Å²) < 4.78 is 5.55. The van der Waals surface area contributed by atoms with Gasteiger partial charge in [0.1, 0.15) is 0 Å². The van der Waals surface area contributed by atoms with Gasteiger partial charge in [0.15, 0.2) is 0 Å². The molecule has 1 heterocycles. The molecule has 0 atom stereocenters. The van der Waals surface area contributed by atoms with Crippen LogP contribution in [0.25, 0.3) is 0 Å². The molecule has 116 valence electrons. The molecular formula is C16H22ClNO2S. The predicted octanol–water partition coefficient (Wildman–Crippen LogP) is 3.30. The van der Waals surface area contributed by atoms with Crippen LogP contribution in [0.3, 0.4) is 0 Å². The van der Waals surface area contributed by atoms with Crippen LogP contribution in [0.5, 0.6) is 0 Å². The lowest BCUT2D eigenvalue weighted by atomic mass is 9.99. The number of benzene rings is 1. The molecule has 1 amide bonds. The van der Waals surface area contributed by atoms with Gasteiger partial charge in [0.2, 0.25) is 5.91 Å². The maximum absolute atomic E-state index is 12.0. The predicted molar refractivity (Wildman–Crippen MR) is 89.1 cm³/mol.